The van der Waals surface area contributed by atoms with E-state index < -0.39 is 16.9 Å². The van der Waals surface area contributed by atoms with E-state index in [-0.39, 0.29) is 6.42 Å². The van der Waals surface area contributed by atoms with Crippen molar-refractivity contribution < 1.29 is 13.5 Å². The van der Waals surface area contributed by atoms with Gasteiger partial charge in [0.25, 0.3) is 0 Å². The monoisotopic (exact) mass is 362 g/mol. The van der Waals surface area contributed by atoms with Gasteiger partial charge in [-0.05, 0) is 30.2 Å². The van der Waals surface area contributed by atoms with E-state index in [9.17, 15) is 8.78 Å². The van der Waals surface area contributed by atoms with E-state index in [0.29, 0.717) is 11.3 Å². The number of methoxy groups -OCH3 is 1. The molecule has 1 atom stereocenters. The number of hydrogen-bond donors (Lipinski definition) is 1. The summed E-state index contributed by atoms with van der Waals surface area (Å²) in [7, 11) is 1.27. The van der Waals surface area contributed by atoms with Crippen molar-refractivity contribution in [3.05, 3.63) is 53.1 Å². The van der Waals surface area contributed by atoms with Gasteiger partial charge in [-0.1, -0.05) is 30.1 Å². The van der Waals surface area contributed by atoms with E-state index in [4.69, 9.17) is 4.74 Å². The zero-order chi connectivity index (χ0) is 18.0. The average molecular weight is 362 g/mol. The Morgan fingerprint density at radius 2 is 2.08 bits per heavy atom. The summed E-state index contributed by atoms with van der Waals surface area (Å²) in [6.45, 7) is 2.01. The zero-order valence-corrected chi connectivity index (χ0v) is 15.0. The summed E-state index contributed by atoms with van der Waals surface area (Å²) in [6, 6.07) is 11.2. The van der Waals surface area contributed by atoms with Crippen molar-refractivity contribution in [2.45, 2.75) is 30.7 Å². The number of halogens is 2. The Bertz CT molecular complexity index is 921. The second-order valence-corrected chi connectivity index (χ2v) is 7.55. The van der Waals surface area contributed by atoms with Gasteiger partial charge in [-0.15, -0.1) is 10.5 Å². The summed E-state index contributed by atoms with van der Waals surface area (Å²) in [5, 5.41) is 0.771. The molecule has 3 nitrogen and oxygen atoms in total. The molecule has 0 spiro atoms. The molecule has 1 unspecified atom stereocenters. The van der Waals surface area contributed by atoms with Gasteiger partial charge in [-0.25, -0.2) is 13.8 Å². The number of aromatic nitrogens is 2. The maximum absolute atomic E-state index is 12.6. The van der Waals surface area contributed by atoms with Gasteiger partial charge in [-0.2, -0.15) is 0 Å². The van der Waals surface area contributed by atoms with Crippen LogP contribution in [0.15, 0.2) is 41.6 Å². The zero-order valence-electron chi connectivity index (χ0n) is 14.2. The average Bonchev–Trinajstić information content (AvgIpc) is 2.98. The molecule has 0 aliphatic heterocycles. The van der Waals surface area contributed by atoms with Crippen LogP contribution < -0.4 is 4.74 Å². The standard InChI is InChI=1S/C19H20F2N2OS/c1-12-5-4-6-14(18(12)24-2)11-25(3)19-22-15-8-7-13(10-17(20)21)9-16(15)23-19/h4-9,17H,3,10-11H2,1-2H3,(H,22,23). The third kappa shape index (κ3) is 3.90. The normalized spacial score (nSPS) is 12.7. The maximum Gasteiger partial charge on any atom is 0.242 e. The highest BCUT2D eigenvalue weighted by Gasteiger charge is 2.12. The molecule has 132 valence electrons. The minimum Gasteiger partial charge on any atom is -0.496 e. The first-order valence-electron chi connectivity index (χ1n) is 7.87. The maximum atomic E-state index is 12.6. The number of aryl methyl sites for hydroxylation is 1. The number of nitrogens with zero attached hydrogens (tertiary/aromatic N) is 1. The molecule has 2 aromatic carbocycles. The number of aromatic amines is 1. The summed E-state index contributed by atoms with van der Waals surface area (Å²) >= 11 is 0. The molecule has 0 amide bonds. The van der Waals surface area contributed by atoms with Crippen LogP contribution in [0.3, 0.4) is 0 Å². The van der Waals surface area contributed by atoms with E-state index in [2.05, 4.69) is 15.8 Å². The van der Waals surface area contributed by atoms with Crippen LogP contribution >= 0.6 is 10.5 Å². The molecule has 0 aliphatic rings. The molecular formula is C19H20F2N2OS. The van der Waals surface area contributed by atoms with Crippen LogP contribution in [-0.2, 0) is 12.2 Å². The summed E-state index contributed by atoms with van der Waals surface area (Å²) in [5.41, 5.74) is 4.30. The third-order valence-corrected chi connectivity index (χ3v) is 5.41. The second kappa shape index (κ2) is 7.35. The van der Waals surface area contributed by atoms with E-state index in [1.807, 2.05) is 25.1 Å². The quantitative estimate of drug-likeness (QED) is 0.630. The van der Waals surface area contributed by atoms with Gasteiger partial charge < -0.3 is 9.72 Å². The van der Waals surface area contributed by atoms with E-state index in [1.54, 1.807) is 25.3 Å². The highest BCUT2D eigenvalue weighted by molar-refractivity contribution is 8.13. The molecule has 0 saturated heterocycles. The Kier molecular flexibility index (Phi) is 5.18. The molecule has 0 radical (unpaired) electrons. The molecule has 3 rings (SSSR count). The van der Waals surface area contributed by atoms with Crippen LogP contribution in [0.1, 0.15) is 16.7 Å². The van der Waals surface area contributed by atoms with Crippen molar-refractivity contribution in [3.8, 4) is 5.75 Å². The van der Waals surface area contributed by atoms with Crippen LogP contribution in [0.25, 0.3) is 11.0 Å². The van der Waals surface area contributed by atoms with E-state index >= 15 is 0 Å². The lowest BCUT2D eigenvalue weighted by molar-refractivity contribution is 0.149. The van der Waals surface area contributed by atoms with Crippen molar-refractivity contribution in [2.75, 3.05) is 7.11 Å². The molecule has 6 heteroatoms. The van der Waals surface area contributed by atoms with Crippen molar-refractivity contribution in [1.82, 2.24) is 9.97 Å². The van der Waals surface area contributed by atoms with Crippen LogP contribution in [-0.4, -0.2) is 29.4 Å². The molecule has 0 aliphatic carbocycles. The van der Waals surface area contributed by atoms with Crippen molar-refractivity contribution >= 4 is 27.4 Å². The highest BCUT2D eigenvalue weighted by Crippen LogP contribution is 2.33. The lowest BCUT2D eigenvalue weighted by Crippen LogP contribution is -1.95. The fraction of sp³-hybridized carbons (Fsp3) is 0.263. The summed E-state index contributed by atoms with van der Waals surface area (Å²) < 4.78 is 30.6. The SMILES string of the molecule is C=S(Cc1cccc(C)c1OC)c1nc2ccc(CC(F)F)cc2[nH]1. The number of H-pyrrole nitrogens is 1. The first-order chi connectivity index (χ1) is 12.0. The molecule has 1 aromatic heterocycles. The molecule has 25 heavy (non-hydrogen) atoms. The van der Waals surface area contributed by atoms with E-state index in [1.165, 1.54) is 0 Å². The molecule has 0 saturated carbocycles. The Balaban J connectivity index is 1.86. The summed E-state index contributed by atoms with van der Waals surface area (Å²) in [4.78, 5) is 7.81. The fourth-order valence-corrected chi connectivity index (χ4v) is 4.07. The number of fused-ring (bicyclic) bond motifs is 1. The van der Waals surface area contributed by atoms with Crippen molar-refractivity contribution in [3.63, 3.8) is 0 Å². The van der Waals surface area contributed by atoms with Gasteiger partial charge in [0.15, 0.2) is 5.16 Å². The van der Waals surface area contributed by atoms with Crippen LogP contribution in [0.2, 0.25) is 0 Å². The number of nitrogens with one attached hydrogen (secondary N) is 1. The van der Waals surface area contributed by atoms with Crippen molar-refractivity contribution in [2.24, 2.45) is 0 Å². The van der Waals surface area contributed by atoms with Gasteiger partial charge in [-0.3, -0.25) is 0 Å². The Labute approximate surface area is 148 Å². The van der Waals surface area contributed by atoms with E-state index in [0.717, 1.165) is 33.1 Å². The largest absolute Gasteiger partial charge is 0.496 e. The predicted octanol–water partition coefficient (Wildman–Crippen LogP) is 4.95. The molecule has 3 aromatic rings. The van der Waals surface area contributed by atoms with Gasteiger partial charge in [0.1, 0.15) is 5.75 Å². The number of benzene rings is 2. The van der Waals surface area contributed by atoms with Gasteiger partial charge in [0.2, 0.25) is 6.43 Å². The second-order valence-electron chi connectivity index (χ2n) is 5.89. The molecule has 1 N–H and O–H groups in total. The lowest BCUT2D eigenvalue weighted by Gasteiger charge is -2.12. The molecular weight excluding hydrogens is 342 g/mol. The Morgan fingerprint density at radius 1 is 1.28 bits per heavy atom. The van der Waals surface area contributed by atoms with Crippen LogP contribution in [0.4, 0.5) is 8.78 Å². The number of hydrogen-bond acceptors (Lipinski definition) is 2. The van der Waals surface area contributed by atoms with Gasteiger partial charge >= 0.3 is 0 Å². The van der Waals surface area contributed by atoms with Gasteiger partial charge in [0.05, 0.1) is 18.1 Å². The minimum absolute atomic E-state index is 0.249. The molecule has 0 bridgehead atoms. The first kappa shape index (κ1) is 17.6. The number of ether oxygens (including phenoxy) is 1. The first-order valence-corrected chi connectivity index (χ1v) is 9.44. The predicted molar refractivity (Wildman–Crippen MR) is 100 cm³/mol. The molecule has 0 fully saturated rings. The number of para-hydroxylation sites is 1. The number of rotatable bonds is 6. The highest BCUT2D eigenvalue weighted by atomic mass is 32.2. The fourth-order valence-electron chi connectivity index (χ4n) is 2.85. The lowest BCUT2D eigenvalue weighted by atomic mass is 10.1. The summed E-state index contributed by atoms with van der Waals surface area (Å²) in [5.74, 6) is 5.81. The van der Waals surface area contributed by atoms with Crippen LogP contribution in [0, 0.1) is 6.92 Å². The van der Waals surface area contributed by atoms with Crippen molar-refractivity contribution in [1.29, 1.82) is 0 Å². The Hall–Kier alpha value is -2.21. The summed E-state index contributed by atoms with van der Waals surface area (Å²) in [6.07, 6.45) is -2.60. The number of alkyl halides is 2. The topological polar surface area (TPSA) is 37.9 Å². The number of imidazole rings is 1. The third-order valence-electron chi connectivity index (χ3n) is 4.02. The Morgan fingerprint density at radius 3 is 2.80 bits per heavy atom. The minimum atomic E-state index is -2.35. The van der Waals surface area contributed by atoms with Gasteiger partial charge in [0, 0.05) is 17.7 Å². The smallest absolute Gasteiger partial charge is 0.242 e. The molecule has 1 heterocycles. The van der Waals surface area contributed by atoms with Crippen LogP contribution in [0.5, 0.6) is 5.75 Å².